The van der Waals surface area contributed by atoms with Crippen molar-refractivity contribution < 1.29 is 5.11 Å². The van der Waals surface area contributed by atoms with Crippen molar-refractivity contribution >= 4 is 0 Å². The Morgan fingerprint density at radius 3 is 2.33 bits per heavy atom. The molecule has 0 aromatic heterocycles. The number of aliphatic hydroxyl groups is 1. The molecule has 124 valence electrons. The fourth-order valence-electron chi connectivity index (χ4n) is 4.02. The smallest absolute Gasteiger partial charge is 0.0615 e. The van der Waals surface area contributed by atoms with Crippen LogP contribution < -0.4 is 0 Å². The molecule has 2 heterocycles. The minimum atomic E-state index is 0.0936. The highest BCUT2D eigenvalue weighted by Crippen LogP contribution is 2.31. The van der Waals surface area contributed by atoms with Crippen molar-refractivity contribution in [1.29, 1.82) is 0 Å². The lowest BCUT2D eigenvalue weighted by Crippen LogP contribution is -2.50. The fourth-order valence-corrected chi connectivity index (χ4v) is 4.02. The van der Waals surface area contributed by atoms with Gasteiger partial charge in [-0.1, -0.05) is 6.92 Å². The summed E-state index contributed by atoms with van der Waals surface area (Å²) in [5.74, 6) is 0. The van der Waals surface area contributed by atoms with Crippen molar-refractivity contribution in [1.82, 2.24) is 14.7 Å². The molecule has 2 saturated heterocycles. The first-order chi connectivity index (χ1) is 10.1. The van der Waals surface area contributed by atoms with Gasteiger partial charge in [0.1, 0.15) is 0 Å². The zero-order chi connectivity index (χ0) is 15.3. The lowest BCUT2D eigenvalue weighted by Gasteiger charge is -2.39. The normalized spacial score (nSPS) is 29.6. The highest BCUT2D eigenvalue weighted by atomic mass is 16.3. The van der Waals surface area contributed by atoms with Crippen LogP contribution in [-0.4, -0.2) is 83.8 Å². The molecule has 0 bridgehead atoms. The highest BCUT2D eigenvalue weighted by Gasteiger charge is 2.38. The first-order valence-corrected chi connectivity index (χ1v) is 8.93. The van der Waals surface area contributed by atoms with Gasteiger partial charge in [-0.05, 0) is 59.2 Å². The Kier molecular flexibility index (Phi) is 6.48. The van der Waals surface area contributed by atoms with Gasteiger partial charge in [-0.2, -0.15) is 0 Å². The fraction of sp³-hybridized carbons (Fsp3) is 1.00. The Hall–Kier alpha value is -0.160. The van der Waals surface area contributed by atoms with Crippen LogP contribution in [0.5, 0.6) is 0 Å². The molecular weight excluding hydrogens is 262 g/mol. The number of rotatable bonds is 7. The Bertz CT molecular complexity index is 296. The summed E-state index contributed by atoms with van der Waals surface area (Å²) in [4.78, 5) is 7.74. The van der Waals surface area contributed by atoms with Crippen LogP contribution in [0.3, 0.4) is 0 Å². The molecule has 4 nitrogen and oxygen atoms in total. The second kappa shape index (κ2) is 7.91. The van der Waals surface area contributed by atoms with Gasteiger partial charge in [0.2, 0.25) is 0 Å². The van der Waals surface area contributed by atoms with E-state index in [1.807, 2.05) is 0 Å². The molecule has 21 heavy (non-hydrogen) atoms. The first kappa shape index (κ1) is 17.2. The topological polar surface area (TPSA) is 30.0 Å². The second-order valence-corrected chi connectivity index (χ2v) is 7.15. The second-order valence-electron chi connectivity index (χ2n) is 7.15. The van der Waals surface area contributed by atoms with Crippen molar-refractivity contribution in [3.63, 3.8) is 0 Å². The number of likely N-dealkylation sites (tertiary alicyclic amines) is 1. The van der Waals surface area contributed by atoms with Crippen LogP contribution >= 0.6 is 0 Å². The van der Waals surface area contributed by atoms with E-state index in [1.54, 1.807) is 0 Å². The van der Waals surface area contributed by atoms with Gasteiger partial charge in [0.25, 0.3) is 0 Å². The SMILES string of the molecule is CCC1(CO)CCCN1CCCN1CCN(C(C)C)CC1. The predicted molar refractivity (Wildman–Crippen MR) is 88.7 cm³/mol. The molecule has 0 aliphatic carbocycles. The summed E-state index contributed by atoms with van der Waals surface area (Å²) in [6, 6.07) is 0.687. The molecule has 2 aliphatic rings. The van der Waals surface area contributed by atoms with E-state index in [0.717, 1.165) is 13.0 Å². The molecule has 0 saturated carbocycles. The molecule has 0 aromatic rings. The van der Waals surface area contributed by atoms with Crippen molar-refractivity contribution in [2.75, 3.05) is 52.4 Å². The maximum Gasteiger partial charge on any atom is 0.0615 e. The monoisotopic (exact) mass is 297 g/mol. The van der Waals surface area contributed by atoms with Crippen LogP contribution in [0.25, 0.3) is 0 Å². The quantitative estimate of drug-likeness (QED) is 0.774. The molecule has 0 spiro atoms. The van der Waals surface area contributed by atoms with Gasteiger partial charge in [0.15, 0.2) is 0 Å². The van der Waals surface area contributed by atoms with Gasteiger partial charge in [-0.3, -0.25) is 9.80 Å². The molecule has 2 rings (SSSR count). The lowest BCUT2D eigenvalue weighted by molar-refractivity contribution is 0.0537. The third-order valence-electron chi connectivity index (χ3n) is 5.73. The van der Waals surface area contributed by atoms with Gasteiger partial charge in [-0.25, -0.2) is 0 Å². The molecule has 1 atom stereocenters. The predicted octanol–water partition coefficient (Wildman–Crippen LogP) is 1.64. The van der Waals surface area contributed by atoms with Crippen molar-refractivity contribution in [2.24, 2.45) is 0 Å². The van der Waals surface area contributed by atoms with Crippen molar-refractivity contribution in [2.45, 2.75) is 58.0 Å². The molecule has 2 aliphatic heterocycles. The summed E-state index contributed by atoms with van der Waals surface area (Å²) in [5, 5.41) is 9.76. The van der Waals surface area contributed by atoms with Crippen LogP contribution in [0.4, 0.5) is 0 Å². The maximum atomic E-state index is 9.76. The molecule has 0 radical (unpaired) electrons. The molecule has 4 heteroatoms. The summed E-state index contributed by atoms with van der Waals surface area (Å²) >= 11 is 0. The summed E-state index contributed by atoms with van der Waals surface area (Å²) in [6.45, 7) is 15.6. The minimum Gasteiger partial charge on any atom is -0.394 e. The summed E-state index contributed by atoms with van der Waals surface area (Å²) < 4.78 is 0. The third kappa shape index (κ3) is 4.19. The molecule has 0 amide bonds. The van der Waals surface area contributed by atoms with Crippen LogP contribution in [0.1, 0.15) is 46.5 Å². The number of hydrogen-bond acceptors (Lipinski definition) is 4. The van der Waals surface area contributed by atoms with Crippen LogP contribution in [0.15, 0.2) is 0 Å². The third-order valence-corrected chi connectivity index (χ3v) is 5.73. The van der Waals surface area contributed by atoms with E-state index < -0.39 is 0 Å². The standard InChI is InChI=1S/C17H35N3O/c1-4-17(15-21)7-5-9-20(17)10-6-8-18-11-13-19(14-12-18)16(2)3/h16,21H,4-15H2,1-3H3. The van der Waals surface area contributed by atoms with Crippen molar-refractivity contribution in [3.8, 4) is 0 Å². The van der Waals surface area contributed by atoms with E-state index in [-0.39, 0.29) is 5.54 Å². The first-order valence-electron chi connectivity index (χ1n) is 8.93. The molecule has 1 unspecified atom stereocenters. The summed E-state index contributed by atoms with van der Waals surface area (Å²) in [7, 11) is 0. The number of aliphatic hydroxyl groups excluding tert-OH is 1. The number of hydrogen-bond donors (Lipinski definition) is 1. The van der Waals surface area contributed by atoms with E-state index in [4.69, 9.17) is 0 Å². The molecule has 0 aromatic carbocycles. The highest BCUT2D eigenvalue weighted by molar-refractivity contribution is 4.94. The Morgan fingerprint density at radius 1 is 1.05 bits per heavy atom. The Balaban J connectivity index is 1.68. The van der Waals surface area contributed by atoms with E-state index in [1.165, 1.54) is 58.5 Å². The van der Waals surface area contributed by atoms with E-state index in [9.17, 15) is 5.11 Å². The minimum absolute atomic E-state index is 0.0936. The zero-order valence-corrected chi connectivity index (χ0v) is 14.4. The number of nitrogens with zero attached hydrogens (tertiary/aromatic N) is 3. The van der Waals surface area contributed by atoms with Crippen LogP contribution in [0, 0.1) is 0 Å². The largest absolute Gasteiger partial charge is 0.394 e. The summed E-state index contributed by atoms with van der Waals surface area (Å²) in [5.41, 5.74) is 0.0936. The molecule has 2 fully saturated rings. The molecule has 1 N–H and O–H groups in total. The average molecular weight is 297 g/mol. The molecular formula is C17H35N3O. The Morgan fingerprint density at radius 2 is 1.76 bits per heavy atom. The van der Waals surface area contributed by atoms with Gasteiger partial charge < -0.3 is 10.0 Å². The summed E-state index contributed by atoms with van der Waals surface area (Å²) in [6.07, 6.45) is 4.74. The zero-order valence-electron chi connectivity index (χ0n) is 14.4. The van der Waals surface area contributed by atoms with Gasteiger partial charge in [0.05, 0.1) is 6.61 Å². The number of piperazine rings is 1. The van der Waals surface area contributed by atoms with Gasteiger partial charge >= 0.3 is 0 Å². The lowest BCUT2D eigenvalue weighted by atomic mass is 9.94. The average Bonchev–Trinajstić information content (AvgIpc) is 2.91. The van der Waals surface area contributed by atoms with Crippen LogP contribution in [0.2, 0.25) is 0 Å². The van der Waals surface area contributed by atoms with E-state index in [0.29, 0.717) is 12.6 Å². The van der Waals surface area contributed by atoms with Gasteiger partial charge in [0, 0.05) is 37.8 Å². The van der Waals surface area contributed by atoms with Gasteiger partial charge in [-0.15, -0.1) is 0 Å². The maximum absolute atomic E-state index is 9.76. The van der Waals surface area contributed by atoms with Crippen LogP contribution in [-0.2, 0) is 0 Å². The van der Waals surface area contributed by atoms with Crippen molar-refractivity contribution in [3.05, 3.63) is 0 Å². The van der Waals surface area contributed by atoms with E-state index >= 15 is 0 Å². The van der Waals surface area contributed by atoms with E-state index in [2.05, 4.69) is 35.5 Å². The Labute approximate surface area is 131 Å².